The molecule has 0 spiro atoms. The first-order chi connectivity index (χ1) is 8.13. The van der Waals surface area contributed by atoms with Gasteiger partial charge in [-0.15, -0.1) is 0 Å². The Labute approximate surface area is 102 Å². The van der Waals surface area contributed by atoms with Crippen molar-refractivity contribution in [3.63, 3.8) is 0 Å². The molecule has 4 heteroatoms. The lowest BCUT2D eigenvalue weighted by molar-refractivity contribution is -0.384. The Bertz CT molecular complexity index is 349. The highest BCUT2D eigenvalue weighted by molar-refractivity contribution is 5.32. The van der Waals surface area contributed by atoms with Gasteiger partial charge in [0.25, 0.3) is 5.69 Å². The number of unbranched alkanes of at least 4 members (excludes halogenated alkanes) is 1. The predicted molar refractivity (Wildman–Crippen MR) is 68.9 cm³/mol. The summed E-state index contributed by atoms with van der Waals surface area (Å²) in [6, 6.07) is 7.20. The first-order valence-corrected chi connectivity index (χ1v) is 6.10. The summed E-state index contributed by atoms with van der Waals surface area (Å²) in [4.78, 5) is 10.1. The van der Waals surface area contributed by atoms with Gasteiger partial charge in [-0.25, -0.2) is 0 Å². The molecular weight excluding hydrogens is 216 g/mol. The lowest BCUT2D eigenvalue weighted by atomic mass is 10.1. The van der Waals surface area contributed by atoms with Crippen LogP contribution in [0.3, 0.4) is 0 Å². The quantitative estimate of drug-likeness (QED) is 0.584. The van der Waals surface area contributed by atoms with Gasteiger partial charge in [-0.1, -0.05) is 31.9 Å². The summed E-state index contributed by atoms with van der Waals surface area (Å²) >= 11 is 0. The molecule has 1 unspecified atom stereocenters. The van der Waals surface area contributed by atoms with Gasteiger partial charge >= 0.3 is 0 Å². The Morgan fingerprint density at radius 1 is 1.35 bits per heavy atom. The minimum atomic E-state index is -0.374. The fourth-order valence-corrected chi connectivity index (χ4v) is 1.64. The van der Waals surface area contributed by atoms with Crippen LogP contribution in [0.25, 0.3) is 0 Å². The van der Waals surface area contributed by atoms with E-state index in [0.717, 1.165) is 12.1 Å². The molecule has 0 fully saturated rings. The number of nitrogens with zero attached hydrogens (tertiary/aromatic N) is 1. The third-order valence-electron chi connectivity index (χ3n) is 2.79. The number of hydrogen-bond acceptors (Lipinski definition) is 3. The van der Waals surface area contributed by atoms with Crippen molar-refractivity contribution in [2.75, 3.05) is 0 Å². The van der Waals surface area contributed by atoms with Gasteiger partial charge < -0.3 is 5.32 Å². The van der Waals surface area contributed by atoms with E-state index in [-0.39, 0.29) is 10.6 Å². The van der Waals surface area contributed by atoms with Crippen LogP contribution in [0.2, 0.25) is 0 Å². The molecule has 1 N–H and O–H groups in total. The molecule has 17 heavy (non-hydrogen) atoms. The minimum absolute atomic E-state index is 0.146. The minimum Gasteiger partial charge on any atom is -0.310 e. The number of non-ortho nitro benzene ring substituents is 1. The van der Waals surface area contributed by atoms with Gasteiger partial charge in [0.05, 0.1) is 4.92 Å². The molecule has 0 aliphatic heterocycles. The third kappa shape index (κ3) is 4.95. The molecule has 0 heterocycles. The average molecular weight is 236 g/mol. The highest BCUT2D eigenvalue weighted by atomic mass is 16.6. The van der Waals surface area contributed by atoms with E-state index in [2.05, 4.69) is 19.2 Å². The van der Waals surface area contributed by atoms with Crippen molar-refractivity contribution in [1.82, 2.24) is 5.32 Å². The van der Waals surface area contributed by atoms with Crippen LogP contribution in [0.5, 0.6) is 0 Å². The highest BCUT2D eigenvalue weighted by Gasteiger charge is 2.05. The van der Waals surface area contributed by atoms with E-state index < -0.39 is 0 Å². The summed E-state index contributed by atoms with van der Waals surface area (Å²) in [5.41, 5.74) is 1.23. The van der Waals surface area contributed by atoms with E-state index in [0.29, 0.717) is 6.04 Å². The second-order valence-electron chi connectivity index (χ2n) is 4.35. The molecule has 1 atom stereocenters. The van der Waals surface area contributed by atoms with Gasteiger partial charge in [-0.05, 0) is 18.9 Å². The maximum atomic E-state index is 10.5. The maximum Gasteiger partial charge on any atom is 0.269 e. The van der Waals surface area contributed by atoms with Gasteiger partial charge in [0.15, 0.2) is 0 Å². The number of rotatable bonds is 7. The van der Waals surface area contributed by atoms with E-state index in [1.165, 1.54) is 19.3 Å². The molecular formula is C13H20N2O2. The van der Waals surface area contributed by atoms with Crippen LogP contribution in [0.4, 0.5) is 5.69 Å². The van der Waals surface area contributed by atoms with Crippen LogP contribution in [0.15, 0.2) is 24.3 Å². The number of hydrogen-bond donors (Lipinski definition) is 1. The first-order valence-electron chi connectivity index (χ1n) is 6.10. The molecule has 0 saturated heterocycles. The lowest BCUT2D eigenvalue weighted by Crippen LogP contribution is -2.25. The molecule has 94 valence electrons. The lowest BCUT2D eigenvalue weighted by Gasteiger charge is -2.13. The number of benzene rings is 1. The van der Waals surface area contributed by atoms with Crippen LogP contribution < -0.4 is 5.32 Å². The smallest absolute Gasteiger partial charge is 0.269 e. The molecule has 0 amide bonds. The summed E-state index contributed by atoms with van der Waals surface area (Å²) in [5.74, 6) is 0. The zero-order valence-electron chi connectivity index (χ0n) is 10.5. The Kier molecular flexibility index (Phi) is 5.63. The van der Waals surface area contributed by atoms with E-state index in [1.54, 1.807) is 24.3 Å². The fraction of sp³-hybridized carbons (Fsp3) is 0.538. The van der Waals surface area contributed by atoms with Crippen LogP contribution in [0, 0.1) is 10.1 Å². The van der Waals surface area contributed by atoms with Crippen molar-refractivity contribution in [2.45, 2.75) is 45.7 Å². The normalized spacial score (nSPS) is 12.4. The predicted octanol–water partition coefficient (Wildman–Crippen LogP) is 3.26. The average Bonchev–Trinajstić information content (AvgIpc) is 2.34. The molecule has 0 aromatic heterocycles. The van der Waals surface area contributed by atoms with Crippen molar-refractivity contribution in [2.24, 2.45) is 0 Å². The second kappa shape index (κ2) is 7.01. The van der Waals surface area contributed by atoms with Crippen LogP contribution in [-0.4, -0.2) is 11.0 Å². The summed E-state index contributed by atoms with van der Waals surface area (Å²) in [6.45, 7) is 5.12. The summed E-state index contributed by atoms with van der Waals surface area (Å²) in [5, 5.41) is 13.9. The molecule has 0 bridgehead atoms. The molecule has 1 aromatic carbocycles. The molecule has 0 aliphatic carbocycles. The first kappa shape index (κ1) is 13.6. The number of nitrogens with one attached hydrogen (secondary N) is 1. The Morgan fingerprint density at radius 3 is 2.53 bits per heavy atom. The topological polar surface area (TPSA) is 55.2 Å². The van der Waals surface area contributed by atoms with E-state index in [4.69, 9.17) is 0 Å². The molecule has 0 aliphatic rings. The van der Waals surface area contributed by atoms with Crippen LogP contribution in [-0.2, 0) is 6.54 Å². The Hall–Kier alpha value is -1.42. The SMILES string of the molecule is CCCCC(C)NCc1ccc([N+](=O)[O-])cc1. The molecule has 1 aromatic rings. The highest BCUT2D eigenvalue weighted by Crippen LogP contribution is 2.12. The third-order valence-corrected chi connectivity index (χ3v) is 2.79. The Morgan fingerprint density at radius 2 is 2.00 bits per heavy atom. The summed E-state index contributed by atoms with van der Waals surface area (Å²) < 4.78 is 0. The zero-order valence-corrected chi connectivity index (χ0v) is 10.5. The summed E-state index contributed by atoms with van der Waals surface area (Å²) in [7, 11) is 0. The Balaban J connectivity index is 2.39. The van der Waals surface area contributed by atoms with Crippen LogP contribution >= 0.6 is 0 Å². The van der Waals surface area contributed by atoms with E-state index in [9.17, 15) is 10.1 Å². The molecule has 4 nitrogen and oxygen atoms in total. The largest absolute Gasteiger partial charge is 0.310 e. The van der Waals surface area contributed by atoms with Gasteiger partial charge in [0.2, 0.25) is 0 Å². The van der Waals surface area contributed by atoms with E-state index >= 15 is 0 Å². The van der Waals surface area contributed by atoms with Crippen molar-refractivity contribution in [3.05, 3.63) is 39.9 Å². The molecule has 1 rings (SSSR count). The molecule has 0 saturated carbocycles. The van der Waals surface area contributed by atoms with Gasteiger partial charge in [-0.2, -0.15) is 0 Å². The van der Waals surface area contributed by atoms with Crippen molar-refractivity contribution in [3.8, 4) is 0 Å². The fourth-order valence-electron chi connectivity index (χ4n) is 1.64. The van der Waals surface area contributed by atoms with Gasteiger partial charge in [0.1, 0.15) is 0 Å². The van der Waals surface area contributed by atoms with Crippen molar-refractivity contribution >= 4 is 5.69 Å². The van der Waals surface area contributed by atoms with Gasteiger partial charge in [-0.3, -0.25) is 10.1 Å². The molecule has 0 radical (unpaired) electrons. The monoisotopic (exact) mass is 236 g/mol. The van der Waals surface area contributed by atoms with Crippen molar-refractivity contribution < 1.29 is 4.92 Å². The standard InChI is InChI=1S/C13H20N2O2/c1-3-4-5-11(2)14-10-12-6-8-13(9-7-12)15(16)17/h6-9,11,14H,3-5,10H2,1-2H3. The zero-order chi connectivity index (χ0) is 12.7. The van der Waals surface area contributed by atoms with E-state index in [1.807, 2.05) is 0 Å². The van der Waals surface area contributed by atoms with Crippen LogP contribution in [0.1, 0.15) is 38.7 Å². The second-order valence-corrected chi connectivity index (χ2v) is 4.35. The maximum absolute atomic E-state index is 10.5. The summed E-state index contributed by atoms with van der Waals surface area (Å²) in [6.07, 6.45) is 3.61. The number of nitro benzene ring substituents is 1. The number of nitro groups is 1. The van der Waals surface area contributed by atoms with Gasteiger partial charge in [0, 0.05) is 24.7 Å². The van der Waals surface area contributed by atoms with Crippen molar-refractivity contribution in [1.29, 1.82) is 0 Å².